The van der Waals surface area contributed by atoms with Crippen LogP contribution >= 0.6 is 0 Å². The number of hydrogen-bond donors (Lipinski definition) is 2. The molecule has 0 aliphatic heterocycles. The van der Waals surface area contributed by atoms with Gasteiger partial charge in [0.1, 0.15) is 5.52 Å². The van der Waals surface area contributed by atoms with E-state index in [1.165, 1.54) is 14.2 Å². The molecule has 0 aliphatic carbocycles. The number of phenols is 1. The number of fused-ring (bicyclic) bond motifs is 1. The maximum absolute atomic E-state index is 10.0. The predicted molar refractivity (Wildman–Crippen MR) is 90.2 cm³/mol. The first-order valence-corrected chi connectivity index (χ1v) is 7.40. The summed E-state index contributed by atoms with van der Waals surface area (Å²) in [7, 11) is 3.00. The number of methoxy groups -OCH3 is 2. The average Bonchev–Trinajstić information content (AvgIpc) is 2.96. The number of benzene rings is 1. The van der Waals surface area contributed by atoms with E-state index >= 15 is 0 Å². The molecule has 2 heterocycles. The molecule has 122 valence electrons. The van der Waals surface area contributed by atoms with Gasteiger partial charge in [0, 0.05) is 11.8 Å². The summed E-state index contributed by atoms with van der Waals surface area (Å²) in [6, 6.07) is 3.34. The van der Waals surface area contributed by atoms with E-state index in [4.69, 9.17) is 9.47 Å². The van der Waals surface area contributed by atoms with Crippen molar-refractivity contribution in [3.05, 3.63) is 30.1 Å². The number of aromatic nitrogens is 3. The van der Waals surface area contributed by atoms with Crippen LogP contribution in [0.1, 0.15) is 19.4 Å². The zero-order chi connectivity index (χ0) is 17.0. The average molecular weight is 315 g/mol. The minimum absolute atomic E-state index is 0.000428. The van der Waals surface area contributed by atoms with Gasteiger partial charge in [-0.05, 0) is 24.6 Å². The van der Waals surface area contributed by atoms with Gasteiger partial charge < -0.3 is 19.6 Å². The number of aryl methyl sites for hydroxylation is 1. The van der Waals surface area contributed by atoms with Gasteiger partial charge in [0.05, 0.1) is 26.1 Å². The summed E-state index contributed by atoms with van der Waals surface area (Å²) in [6.07, 6.45) is 3.51. The molecule has 23 heavy (non-hydrogen) atoms. The summed E-state index contributed by atoms with van der Waals surface area (Å²) in [4.78, 5) is 12.0. The summed E-state index contributed by atoms with van der Waals surface area (Å²) in [5.74, 6) is 0.743. The third kappa shape index (κ3) is 3.06. The highest BCUT2D eigenvalue weighted by Gasteiger charge is 2.14. The first kappa shape index (κ1) is 16.6. The number of H-pyrrole nitrogens is 1. The highest BCUT2D eigenvalue weighted by molar-refractivity contribution is 5.78. The van der Waals surface area contributed by atoms with Gasteiger partial charge in [-0.1, -0.05) is 13.8 Å². The van der Waals surface area contributed by atoms with Crippen LogP contribution in [0.5, 0.6) is 17.2 Å². The lowest BCUT2D eigenvalue weighted by atomic mass is 10.1. The van der Waals surface area contributed by atoms with Gasteiger partial charge in [0.25, 0.3) is 0 Å². The van der Waals surface area contributed by atoms with Gasteiger partial charge >= 0.3 is 0 Å². The van der Waals surface area contributed by atoms with Gasteiger partial charge in [0.15, 0.2) is 17.1 Å². The Balaban J connectivity index is 0.000000924. The van der Waals surface area contributed by atoms with Crippen LogP contribution in [0.15, 0.2) is 24.5 Å². The molecule has 0 radical (unpaired) electrons. The first-order chi connectivity index (χ1) is 11.1. The first-order valence-electron chi connectivity index (χ1n) is 7.40. The Labute approximate surface area is 135 Å². The van der Waals surface area contributed by atoms with Crippen LogP contribution in [0.2, 0.25) is 0 Å². The van der Waals surface area contributed by atoms with Crippen LogP contribution in [-0.2, 0) is 0 Å². The molecule has 1 aromatic carbocycles. The van der Waals surface area contributed by atoms with Gasteiger partial charge in [0.2, 0.25) is 5.75 Å². The summed E-state index contributed by atoms with van der Waals surface area (Å²) in [6.45, 7) is 5.96. The van der Waals surface area contributed by atoms with Gasteiger partial charge in [-0.3, -0.25) is 0 Å². The van der Waals surface area contributed by atoms with Crippen molar-refractivity contribution < 1.29 is 14.6 Å². The van der Waals surface area contributed by atoms with Crippen LogP contribution in [-0.4, -0.2) is 34.3 Å². The molecule has 0 spiro atoms. The molecule has 2 N–H and O–H groups in total. The summed E-state index contributed by atoms with van der Waals surface area (Å²) < 4.78 is 10.4. The number of aromatic amines is 1. The highest BCUT2D eigenvalue weighted by atomic mass is 16.5. The number of nitrogens with zero attached hydrogens (tertiary/aromatic N) is 2. The molecule has 3 rings (SSSR count). The van der Waals surface area contributed by atoms with Crippen molar-refractivity contribution in [2.45, 2.75) is 20.8 Å². The standard InChI is InChI=1S/C15H15N3O3.C2H6/c1-8-6-16-15-13(8)18-10(7-17-15)9-4-11(19)14(21-3)12(5-9)20-2;1-2/h4-7,19H,1-3H3,(H,16,17);1-2H3. The third-order valence-corrected chi connectivity index (χ3v) is 3.33. The molecular weight excluding hydrogens is 294 g/mol. The highest BCUT2D eigenvalue weighted by Crippen LogP contribution is 2.40. The fourth-order valence-corrected chi connectivity index (χ4v) is 2.25. The SMILES string of the molecule is CC.COc1cc(-c2cnc3[nH]cc(C)c3n2)cc(O)c1OC. The van der Waals surface area contributed by atoms with Crippen LogP contribution in [0.3, 0.4) is 0 Å². The van der Waals surface area contributed by atoms with E-state index in [0.29, 0.717) is 22.8 Å². The van der Waals surface area contributed by atoms with Crippen molar-refractivity contribution in [1.82, 2.24) is 15.0 Å². The van der Waals surface area contributed by atoms with Crippen molar-refractivity contribution in [2.75, 3.05) is 14.2 Å². The van der Waals surface area contributed by atoms with Gasteiger partial charge in [-0.15, -0.1) is 0 Å². The van der Waals surface area contributed by atoms with Crippen molar-refractivity contribution in [3.63, 3.8) is 0 Å². The second kappa shape index (κ2) is 7.00. The van der Waals surface area contributed by atoms with Crippen molar-refractivity contribution in [2.24, 2.45) is 0 Å². The number of hydrogen-bond acceptors (Lipinski definition) is 5. The Morgan fingerprint density at radius 3 is 2.52 bits per heavy atom. The molecule has 0 fully saturated rings. The second-order valence-electron chi connectivity index (χ2n) is 4.66. The smallest absolute Gasteiger partial charge is 0.203 e. The molecule has 0 unspecified atom stereocenters. The maximum Gasteiger partial charge on any atom is 0.203 e. The van der Waals surface area contributed by atoms with E-state index in [1.807, 2.05) is 27.0 Å². The largest absolute Gasteiger partial charge is 0.504 e. The molecule has 0 saturated carbocycles. The fourth-order valence-electron chi connectivity index (χ4n) is 2.25. The van der Waals surface area contributed by atoms with Crippen molar-refractivity contribution >= 4 is 11.2 Å². The van der Waals surface area contributed by atoms with E-state index < -0.39 is 0 Å². The monoisotopic (exact) mass is 315 g/mol. The molecule has 0 aliphatic rings. The lowest BCUT2D eigenvalue weighted by molar-refractivity contribution is 0.333. The van der Waals surface area contributed by atoms with Crippen molar-refractivity contribution in [1.29, 1.82) is 0 Å². The van der Waals surface area contributed by atoms with E-state index in [9.17, 15) is 5.11 Å². The quantitative estimate of drug-likeness (QED) is 0.770. The minimum atomic E-state index is -0.000428. The molecule has 0 saturated heterocycles. The second-order valence-corrected chi connectivity index (χ2v) is 4.66. The van der Waals surface area contributed by atoms with E-state index in [2.05, 4.69) is 15.0 Å². The van der Waals surface area contributed by atoms with Crippen LogP contribution < -0.4 is 9.47 Å². The van der Waals surface area contributed by atoms with E-state index in [0.717, 1.165) is 16.7 Å². The Morgan fingerprint density at radius 2 is 1.87 bits per heavy atom. The summed E-state index contributed by atoms with van der Waals surface area (Å²) in [5.41, 5.74) is 3.92. The topological polar surface area (TPSA) is 80.3 Å². The van der Waals surface area contributed by atoms with Crippen LogP contribution in [0, 0.1) is 6.92 Å². The third-order valence-electron chi connectivity index (χ3n) is 3.33. The van der Waals surface area contributed by atoms with Crippen LogP contribution in [0.25, 0.3) is 22.4 Å². The molecule has 3 aromatic rings. The van der Waals surface area contributed by atoms with Crippen LogP contribution in [0.4, 0.5) is 0 Å². The molecule has 0 amide bonds. The molecule has 6 heteroatoms. The fraction of sp³-hybridized carbons (Fsp3) is 0.294. The summed E-state index contributed by atoms with van der Waals surface area (Å²) >= 11 is 0. The number of nitrogens with one attached hydrogen (secondary N) is 1. The maximum atomic E-state index is 10.0. The Kier molecular flexibility index (Phi) is 5.05. The number of ether oxygens (including phenoxy) is 2. The number of phenolic OH excluding ortho intramolecular Hbond substituents is 1. The van der Waals surface area contributed by atoms with Gasteiger partial charge in [-0.25, -0.2) is 9.97 Å². The van der Waals surface area contributed by atoms with E-state index in [-0.39, 0.29) is 5.75 Å². The predicted octanol–water partition coefficient (Wildman–Crippen LogP) is 3.68. The molecule has 6 nitrogen and oxygen atoms in total. The zero-order valence-corrected chi connectivity index (χ0v) is 14.0. The molecule has 0 atom stereocenters. The van der Waals surface area contributed by atoms with E-state index in [1.54, 1.807) is 18.3 Å². The normalized spacial score (nSPS) is 10.1. The zero-order valence-electron chi connectivity index (χ0n) is 14.0. The Hall–Kier alpha value is -2.76. The Bertz CT molecular complexity index is 812. The molecule has 2 aromatic heterocycles. The number of aromatic hydroxyl groups is 1. The summed E-state index contributed by atoms with van der Waals surface area (Å²) in [5, 5.41) is 10.0. The Morgan fingerprint density at radius 1 is 1.13 bits per heavy atom. The minimum Gasteiger partial charge on any atom is -0.504 e. The lowest BCUT2D eigenvalue weighted by Gasteiger charge is -2.11. The lowest BCUT2D eigenvalue weighted by Crippen LogP contribution is -1.93. The molecular formula is C17H21N3O3. The molecule has 0 bridgehead atoms. The van der Waals surface area contributed by atoms with Crippen molar-refractivity contribution in [3.8, 4) is 28.5 Å². The number of rotatable bonds is 3. The van der Waals surface area contributed by atoms with Gasteiger partial charge in [-0.2, -0.15) is 0 Å².